The monoisotopic (exact) mass is 203 g/mol. The van der Waals surface area contributed by atoms with E-state index in [1.807, 2.05) is 0 Å². The number of carbonyl (C=O) groups excluding carboxylic acids is 2. The molecule has 6 heteroatoms. The lowest BCUT2D eigenvalue weighted by molar-refractivity contribution is -0.153. The molecule has 0 saturated heterocycles. The molecule has 0 aliphatic rings. The van der Waals surface area contributed by atoms with Crippen LogP contribution >= 0.6 is 0 Å². The predicted octanol–water partition coefficient (Wildman–Crippen LogP) is -0.113. The summed E-state index contributed by atoms with van der Waals surface area (Å²) in [7, 11) is 1.19. The number of ether oxygens (including phenoxy) is 2. The van der Waals surface area contributed by atoms with Crippen molar-refractivity contribution in [1.82, 2.24) is 0 Å². The molecule has 0 aliphatic heterocycles. The lowest BCUT2D eigenvalue weighted by atomic mass is 10.3. The van der Waals surface area contributed by atoms with Gasteiger partial charge in [0, 0.05) is 0 Å². The van der Waals surface area contributed by atoms with Gasteiger partial charge in [-0.2, -0.15) is 0 Å². The van der Waals surface area contributed by atoms with Crippen molar-refractivity contribution in [2.24, 2.45) is 5.90 Å². The summed E-state index contributed by atoms with van der Waals surface area (Å²) in [6, 6.07) is 0. The molecule has 0 radical (unpaired) electrons. The molecule has 2 N–H and O–H groups in total. The molecule has 0 saturated carbocycles. The first-order valence-electron chi connectivity index (χ1n) is 3.81. The van der Waals surface area contributed by atoms with Crippen LogP contribution in [0.1, 0.15) is 13.8 Å². The largest absolute Gasteiger partial charge is 0.463 e. The van der Waals surface area contributed by atoms with E-state index in [2.05, 4.69) is 20.2 Å². The summed E-state index contributed by atoms with van der Waals surface area (Å²) >= 11 is 0. The summed E-state index contributed by atoms with van der Waals surface area (Å²) in [4.78, 5) is 26.0. The summed E-state index contributed by atoms with van der Waals surface area (Å²) in [5, 5.41) is 0. The first-order valence-corrected chi connectivity index (χ1v) is 3.81. The number of rotatable bonds is 4. The van der Waals surface area contributed by atoms with Gasteiger partial charge < -0.3 is 9.47 Å². The minimum Gasteiger partial charge on any atom is -0.463 e. The van der Waals surface area contributed by atoms with Crippen LogP contribution in [0.25, 0.3) is 0 Å². The molecule has 0 fully saturated rings. The van der Waals surface area contributed by atoms with Crippen molar-refractivity contribution in [3.63, 3.8) is 0 Å². The third-order valence-corrected chi connectivity index (χ3v) is 1.24. The second-order valence-corrected chi connectivity index (χ2v) is 2.61. The van der Waals surface area contributed by atoms with Crippen molar-refractivity contribution in [3.8, 4) is 0 Å². The molecule has 6 nitrogen and oxygen atoms in total. The maximum Gasteiger partial charge on any atom is 0.374 e. The standard InChI is InChI=1S/C8H13NO5/c1-5(2)7(8(11)12-3)14-6(10)4-13-9/h4,9H2,1-3H3. The number of esters is 2. The Morgan fingerprint density at radius 2 is 1.86 bits per heavy atom. The van der Waals surface area contributed by atoms with Crippen LogP contribution in [0.15, 0.2) is 11.3 Å². The minimum atomic E-state index is -0.755. The molecule has 0 bridgehead atoms. The van der Waals surface area contributed by atoms with Crippen molar-refractivity contribution >= 4 is 11.9 Å². The van der Waals surface area contributed by atoms with E-state index in [1.54, 1.807) is 13.8 Å². The van der Waals surface area contributed by atoms with Crippen molar-refractivity contribution in [2.75, 3.05) is 13.7 Å². The SMILES string of the molecule is COC(=O)C(OC(=O)CON)=C(C)C. The van der Waals surface area contributed by atoms with Crippen LogP contribution in [0, 0.1) is 0 Å². The van der Waals surface area contributed by atoms with Gasteiger partial charge in [0.05, 0.1) is 7.11 Å². The van der Waals surface area contributed by atoms with Gasteiger partial charge in [-0.3, -0.25) is 4.84 Å². The summed E-state index contributed by atoms with van der Waals surface area (Å²) in [6.45, 7) is 2.81. The molecule has 0 rings (SSSR count). The third-order valence-electron chi connectivity index (χ3n) is 1.24. The molecule has 0 spiro atoms. The van der Waals surface area contributed by atoms with Gasteiger partial charge in [-0.1, -0.05) is 0 Å². The van der Waals surface area contributed by atoms with E-state index in [0.29, 0.717) is 5.57 Å². The Labute approximate surface area is 81.6 Å². The second-order valence-electron chi connectivity index (χ2n) is 2.61. The summed E-state index contributed by atoms with van der Waals surface area (Å²) in [5.74, 6) is 3.04. The number of hydrogen-bond acceptors (Lipinski definition) is 6. The summed E-state index contributed by atoms with van der Waals surface area (Å²) < 4.78 is 9.07. The molecule has 80 valence electrons. The van der Waals surface area contributed by atoms with Gasteiger partial charge in [-0.15, -0.1) is 0 Å². The van der Waals surface area contributed by atoms with Gasteiger partial charge in [-0.25, -0.2) is 15.5 Å². The van der Waals surface area contributed by atoms with Gasteiger partial charge in [0.1, 0.15) is 0 Å². The highest BCUT2D eigenvalue weighted by molar-refractivity contribution is 5.90. The normalized spacial score (nSPS) is 9.14. The number of carbonyl (C=O) groups is 2. The molecule has 0 aromatic heterocycles. The number of nitrogens with two attached hydrogens (primary N) is 1. The van der Waals surface area contributed by atoms with E-state index in [4.69, 9.17) is 0 Å². The Bertz CT molecular complexity index is 254. The highest BCUT2D eigenvalue weighted by Crippen LogP contribution is 2.07. The Balaban J connectivity index is 4.49. The van der Waals surface area contributed by atoms with Gasteiger partial charge in [0.15, 0.2) is 6.61 Å². The van der Waals surface area contributed by atoms with Crippen molar-refractivity contribution < 1.29 is 23.9 Å². The third kappa shape index (κ3) is 4.01. The fraction of sp³-hybridized carbons (Fsp3) is 0.500. The van der Waals surface area contributed by atoms with Crippen molar-refractivity contribution in [1.29, 1.82) is 0 Å². The van der Waals surface area contributed by atoms with E-state index in [0.717, 1.165) is 0 Å². The lowest BCUT2D eigenvalue weighted by Gasteiger charge is -2.07. The van der Waals surface area contributed by atoms with E-state index in [1.165, 1.54) is 7.11 Å². The molecule has 0 aromatic carbocycles. The number of hydrogen-bond donors (Lipinski definition) is 1. The molecule has 0 aliphatic carbocycles. The Morgan fingerprint density at radius 1 is 1.29 bits per heavy atom. The van der Waals surface area contributed by atoms with Crippen LogP contribution < -0.4 is 5.90 Å². The molecule has 0 amide bonds. The molecule has 0 heterocycles. The molecule has 0 atom stereocenters. The summed E-state index contributed by atoms with van der Waals surface area (Å²) in [5.41, 5.74) is 0.530. The van der Waals surface area contributed by atoms with E-state index >= 15 is 0 Å². The van der Waals surface area contributed by atoms with Gasteiger partial charge in [0.2, 0.25) is 5.76 Å². The lowest BCUT2D eigenvalue weighted by Crippen LogP contribution is -2.19. The van der Waals surface area contributed by atoms with Gasteiger partial charge in [0.25, 0.3) is 0 Å². The highest BCUT2D eigenvalue weighted by atomic mass is 16.6. The number of methoxy groups -OCH3 is 1. The van der Waals surface area contributed by atoms with Gasteiger partial charge >= 0.3 is 11.9 Å². The van der Waals surface area contributed by atoms with Crippen LogP contribution in [0.5, 0.6) is 0 Å². The van der Waals surface area contributed by atoms with E-state index in [9.17, 15) is 9.59 Å². The first kappa shape index (κ1) is 12.6. The van der Waals surface area contributed by atoms with E-state index < -0.39 is 18.5 Å². The average Bonchev–Trinajstić information content (AvgIpc) is 2.13. The van der Waals surface area contributed by atoms with Crippen LogP contribution in [-0.4, -0.2) is 25.7 Å². The van der Waals surface area contributed by atoms with Crippen LogP contribution in [-0.2, 0) is 23.9 Å². The predicted molar refractivity (Wildman–Crippen MR) is 46.6 cm³/mol. The molecule has 14 heavy (non-hydrogen) atoms. The maximum atomic E-state index is 11.1. The molecular formula is C8H13NO5. The van der Waals surface area contributed by atoms with Crippen molar-refractivity contribution in [2.45, 2.75) is 13.8 Å². The zero-order chi connectivity index (χ0) is 11.1. The zero-order valence-corrected chi connectivity index (χ0v) is 8.33. The first-order chi connectivity index (χ1) is 6.52. The van der Waals surface area contributed by atoms with Crippen LogP contribution in [0.3, 0.4) is 0 Å². The second kappa shape index (κ2) is 6.11. The highest BCUT2D eigenvalue weighted by Gasteiger charge is 2.17. The average molecular weight is 203 g/mol. The van der Waals surface area contributed by atoms with Crippen molar-refractivity contribution in [3.05, 3.63) is 11.3 Å². The molecular weight excluding hydrogens is 190 g/mol. The van der Waals surface area contributed by atoms with Gasteiger partial charge in [-0.05, 0) is 19.4 Å². The fourth-order valence-electron chi connectivity index (χ4n) is 0.652. The smallest absolute Gasteiger partial charge is 0.374 e. The fourth-order valence-corrected chi connectivity index (χ4v) is 0.652. The molecule has 0 unspecified atom stereocenters. The van der Waals surface area contributed by atoms with Crippen LogP contribution in [0.4, 0.5) is 0 Å². The quantitative estimate of drug-likeness (QED) is 0.297. The Morgan fingerprint density at radius 3 is 2.21 bits per heavy atom. The number of allylic oxidation sites excluding steroid dienone is 1. The van der Waals surface area contributed by atoms with E-state index in [-0.39, 0.29) is 5.76 Å². The topological polar surface area (TPSA) is 87.8 Å². The zero-order valence-electron chi connectivity index (χ0n) is 8.33. The molecule has 0 aromatic rings. The maximum absolute atomic E-state index is 11.1. The van der Waals surface area contributed by atoms with Crippen LogP contribution in [0.2, 0.25) is 0 Å². The Kier molecular flexibility index (Phi) is 5.50. The minimum absolute atomic E-state index is 0.144. The summed E-state index contributed by atoms with van der Waals surface area (Å²) in [6.07, 6.45) is 0. The Hall–Kier alpha value is -1.40.